The number of amides is 2. The molecule has 0 saturated carbocycles. The van der Waals surface area contributed by atoms with Gasteiger partial charge in [0.25, 0.3) is 0 Å². The Bertz CT molecular complexity index is 510. The van der Waals surface area contributed by atoms with Gasteiger partial charge in [0, 0.05) is 34.6 Å². The zero-order valence-electron chi connectivity index (χ0n) is 11.3. The van der Waals surface area contributed by atoms with E-state index in [2.05, 4.69) is 21.2 Å². The van der Waals surface area contributed by atoms with E-state index >= 15 is 0 Å². The second kappa shape index (κ2) is 7.13. The monoisotopic (exact) mass is 356 g/mol. The fourth-order valence-electron chi connectivity index (χ4n) is 2.08. The Hall–Kier alpha value is -1.01. The van der Waals surface area contributed by atoms with Gasteiger partial charge in [0.05, 0.1) is 0 Å². The molecule has 1 aromatic rings. The van der Waals surface area contributed by atoms with Crippen molar-refractivity contribution >= 4 is 39.5 Å². The zero-order chi connectivity index (χ0) is 14.5. The number of hydrogen-bond donors (Lipinski definition) is 1. The number of piperazine rings is 1. The topological polar surface area (TPSA) is 49.4 Å². The molecule has 1 heterocycles. The van der Waals surface area contributed by atoms with Crippen molar-refractivity contribution in [1.82, 2.24) is 10.2 Å². The summed E-state index contributed by atoms with van der Waals surface area (Å²) >= 11 is 5.13. The Morgan fingerprint density at radius 3 is 3.00 bits per heavy atom. The van der Waals surface area contributed by atoms with E-state index in [4.69, 9.17) is 0 Å². The molecule has 0 aliphatic carbocycles. The van der Waals surface area contributed by atoms with Crippen molar-refractivity contribution in [3.8, 4) is 0 Å². The molecular weight excluding hydrogens is 340 g/mol. The molecule has 6 heteroatoms. The van der Waals surface area contributed by atoms with Gasteiger partial charge in [0.2, 0.25) is 11.8 Å². The number of carbonyl (C=O) groups is 2. The van der Waals surface area contributed by atoms with E-state index in [1.54, 1.807) is 23.6 Å². The maximum absolute atomic E-state index is 12.2. The van der Waals surface area contributed by atoms with E-state index in [1.807, 2.05) is 24.3 Å². The fourth-order valence-corrected chi connectivity index (χ4v) is 3.58. The minimum Gasteiger partial charge on any atom is -0.353 e. The van der Waals surface area contributed by atoms with Crippen molar-refractivity contribution < 1.29 is 9.59 Å². The van der Waals surface area contributed by atoms with Crippen LogP contribution in [-0.4, -0.2) is 41.6 Å². The molecule has 108 valence electrons. The predicted molar refractivity (Wildman–Crippen MR) is 83.7 cm³/mol. The van der Waals surface area contributed by atoms with Crippen LogP contribution in [0, 0.1) is 0 Å². The molecular formula is C14H17BrN2O2S. The van der Waals surface area contributed by atoms with E-state index in [0.29, 0.717) is 25.3 Å². The van der Waals surface area contributed by atoms with E-state index in [-0.39, 0.29) is 17.9 Å². The predicted octanol–water partition coefficient (Wildman–Crippen LogP) is 2.28. The second-order valence-electron chi connectivity index (χ2n) is 4.58. The van der Waals surface area contributed by atoms with Gasteiger partial charge in [-0.1, -0.05) is 12.1 Å². The highest BCUT2D eigenvalue weighted by molar-refractivity contribution is 9.10. The van der Waals surface area contributed by atoms with Crippen LogP contribution in [0.25, 0.3) is 0 Å². The lowest BCUT2D eigenvalue weighted by molar-refractivity contribution is -0.142. The SMILES string of the molecule is C[C@H]1C(=O)NCCN1C(=O)CCSc1ccccc1Br. The van der Waals surface area contributed by atoms with Crippen molar-refractivity contribution in [2.24, 2.45) is 0 Å². The molecule has 0 radical (unpaired) electrons. The van der Waals surface area contributed by atoms with Crippen molar-refractivity contribution in [2.75, 3.05) is 18.8 Å². The first kappa shape index (κ1) is 15.4. The minimum atomic E-state index is -0.357. The van der Waals surface area contributed by atoms with Gasteiger partial charge in [-0.3, -0.25) is 9.59 Å². The highest BCUT2D eigenvalue weighted by Crippen LogP contribution is 2.27. The van der Waals surface area contributed by atoms with Crippen LogP contribution in [0.4, 0.5) is 0 Å². The molecule has 1 aromatic carbocycles. The van der Waals surface area contributed by atoms with Crippen LogP contribution in [0.2, 0.25) is 0 Å². The number of benzene rings is 1. The van der Waals surface area contributed by atoms with Crippen molar-refractivity contribution in [1.29, 1.82) is 0 Å². The summed E-state index contributed by atoms with van der Waals surface area (Å²) in [5, 5.41) is 2.76. The quantitative estimate of drug-likeness (QED) is 0.842. The summed E-state index contributed by atoms with van der Waals surface area (Å²) in [5.74, 6) is 0.696. The van der Waals surface area contributed by atoms with Crippen LogP contribution in [0.3, 0.4) is 0 Å². The molecule has 1 atom stereocenters. The number of carbonyl (C=O) groups excluding carboxylic acids is 2. The van der Waals surface area contributed by atoms with Crippen LogP contribution in [0.15, 0.2) is 33.6 Å². The molecule has 2 amide bonds. The highest BCUT2D eigenvalue weighted by atomic mass is 79.9. The first-order valence-electron chi connectivity index (χ1n) is 6.54. The summed E-state index contributed by atoms with van der Waals surface area (Å²) in [4.78, 5) is 26.5. The number of hydrogen-bond acceptors (Lipinski definition) is 3. The molecule has 2 rings (SSSR count). The van der Waals surface area contributed by atoms with Gasteiger partial charge in [0.1, 0.15) is 6.04 Å². The Labute approximate surface area is 131 Å². The third-order valence-electron chi connectivity index (χ3n) is 3.23. The van der Waals surface area contributed by atoms with E-state index in [9.17, 15) is 9.59 Å². The van der Waals surface area contributed by atoms with Gasteiger partial charge in [-0.05, 0) is 35.0 Å². The van der Waals surface area contributed by atoms with Crippen LogP contribution in [-0.2, 0) is 9.59 Å². The molecule has 0 bridgehead atoms. The van der Waals surface area contributed by atoms with Gasteiger partial charge < -0.3 is 10.2 Å². The summed E-state index contributed by atoms with van der Waals surface area (Å²) in [6.45, 7) is 2.92. The third-order valence-corrected chi connectivity index (χ3v) is 5.26. The standard InChI is InChI=1S/C14H17BrN2O2S/c1-10-14(19)16-7-8-17(10)13(18)6-9-20-12-5-3-2-4-11(12)15/h2-5,10H,6-9H2,1H3,(H,16,19)/t10-/m0/s1. The molecule has 1 aliphatic rings. The number of halogens is 1. The number of rotatable bonds is 4. The Balaban J connectivity index is 1.83. The minimum absolute atomic E-state index is 0.0481. The van der Waals surface area contributed by atoms with Gasteiger partial charge in [-0.25, -0.2) is 0 Å². The van der Waals surface area contributed by atoms with Gasteiger partial charge in [-0.2, -0.15) is 0 Å². The average Bonchev–Trinajstić information content (AvgIpc) is 2.44. The van der Waals surface area contributed by atoms with Crippen LogP contribution in [0.1, 0.15) is 13.3 Å². The van der Waals surface area contributed by atoms with Crippen molar-refractivity contribution in [2.45, 2.75) is 24.3 Å². The Kier molecular flexibility index (Phi) is 5.48. The molecule has 4 nitrogen and oxygen atoms in total. The number of nitrogens with one attached hydrogen (secondary N) is 1. The molecule has 1 aliphatic heterocycles. The first-order chi connectivity index (χ1) is 9.59. The summed E-state index contributed by atoms with van der Waals surface area (Å²) in [6, 6.07) is 7.60. The summed E-state index contributed by atoms with van der Waals surface area (Å²) in [7, 11) is 0. The van der Waals surface area contributed by atoms with Crippen LogP contribution >= 0.6 is 27.7 Å². The zero-order valence-corrected chi connectivity index (χ0v) is 13.7. The Morgan fingerprint density at radius 1 is 1.50 bits per heavy atom. The molecule has 1 saturated heterocycles. The lowest BCUT2D eigenvalue weighted by Gasteiger charge is -2.32. The second-order valence-corrected chi connectivity index (χ2v) is 6.57. The maximum Gasteiger partial charge on any atom is 0.242 e. The van der Waals surface area contributed by atoms with Crippen LogP contribution in [0.5, 0.6) is 0 Å². The smallest absolute Gasteiger partial charge is 0.242 e. The van der Waals surface area contributed by atoms with Gasteiger partial charge >= 0.3 is 0 Å². The fraction of sp³-hybridized carbons (Fsp3) is 0.429. The van der Waals surface area contributed by atoms with Gasteiger partial charge in [-0.15, -0.1) is 11.8 Å². The van der Waals surface area contributed by atoms with Gasteiger partial charge in [0.15, 0.2) is 0 Å². The van der Waals surface area contributed by atoms with E-state index < -0.39 is 0 Å². The largest absolute Gasteiger partial charge is 0.353 e. The van der Waals surface area contributed by atoms with Crippen LogP contribution < -0.4 is 5.32 Å². The summed E-state index contributed by atoms with van der Waals surface area (Å²) in [6.07, 6.45) is 0.448. The molecule has 1 fully saturated rings. The number of nitrogens with zero attached hydrogens (tertiary/aromatic N) is 1. The molecule has 0 spiro atoms. The highest BCUT2D eigenvalue weighted by Gasteiger charge is 2.28. The van der Waals surface area contributed by atoms with E-state index in [1.165, 1.54) is 0 Å². The molecule has 0 aromatic heterocycles. The van der Waals surface area contributed by atoms with E-state index in [0.717, 1.165) is 9.37 Å². The average molecular weight is 357 g/mol. The summed E-state index contributed by atoms with van der Waals surface area (Å²) in [5.41, 5.74) is 0. The molecule has 0 unspecified atom stereocenters. The molecule has 20 heavy (non-hydrogen) atoms. The normalized spacial score (nSPS) is 18.8. The van der Waals surface area contributed by atoms with Crippen molar-refractivity contribution in [3.05, 3.63) is 28.7 Å². The lowest BCUT2D eigenvalue weighted by Crippen LogP contribution is -2.55. The van der Waals surface area contributed by atoms with Crippen molar-refractivity contribution in [3.63, 3.8) is 0 Å². The third kappa shape index (κ3) is 3.76. The number of thioether (sulfide) groups is 1. The Morgan fingerprint density at radius 2 is 2.25 bits per heavy atom. The first-order valence-corrected chi connectivity index (χ1v) is 8.32. The summed E-state index contributed by atoms with van der Waals surface area (Å²) < 4.78 is 1.04. The molecule has 1 N–H and O–H groups in total. The maximum atomic E-state index is 12.2. The lowest BCUT2D eigenvalue weighted by atomic mass is 10.2.